The fraction of sp³-hybridized carbons (Fsp3) is 0.571. The first-order chi connectivity index (χ1) is 13.7. The van der Waals surface area contributed by atoms with Gasteiger partial charge < -0.3 is 26.0 Å². The highest BCUT2D eigenvalue weighted by Gasteiger charge is 2.24. The molecule has 2 atom stereocenters. The van der Waals surface area contributed by atoms with Gasteiger partial charge in [-0.3, -0.25) is 0 Å². The van der Waals surface area contributed by atoms with E-state index < -0.39 is 5.97 Å². The maximum Gasteiger partial charge on any atom is 0.336 e. The Labute approximate surface area is 170 Å². The minimum Gasteiger partial charge on any atom is -0.478 e. The molecule has 28 heavy (non-hydrogen) atoms. The highest BCUT2D eigenvalue weighted by atomic mass is 32.1. The van der Waals surface area contributed by atoms with Crippen LogP contribution in [0.3, 0.4) is 0 Å². The monoisotopic (exact) mass is 402 g/mol. The van der Waals surface area contributed by atoms with E-state index in [1.807, 2.05) is 12.1 Å². The van der Waals surface area contributed by atoms with E-state index in [-0.39, 0.29) is 0 Å². The first kappa shape index (κ1) is 19.8. The van der Waals surface area contributed by atoms with Crippen molar-refractivity contribution in [1.82, 2.24) is 20.9 Å². The number of nitrogens with zero attached hydrogens (tertiary/aromatic N) is 1. The Balaban J connectivity index is 1.31. The Hall–Kier alpha value is -1.51. The van der Waals surface area contributed by atoms with Gasteiger partial charge in [0.1, 0.15) is 0 Å². The first-order valence-electron chi connectivity index (χ1n) is 10.4. The molecule has 152 valence electrons. The van der Waals surface area contributed by atoms with Gasteiger partial charge >= 0.3 is 5.97 Å². The third-order valence-corrected chi connectivity index (χ3v) is 7.13. The highest BCUT2D eigenvalue weighted by Crippen LogP contribution is 2.37. The second-order valence-corrected chi connectivity index (χ2v) is 8.91. The first-order valence-corrected chi connectivity index (χ1v) is 11.2. The molecule has 2 aliphatic heterocycles. The number of nitrogens with one attached hydrogen (secondary N) is 3. The second-order valence-electron chi connectivity index (χ2n) is 7.80. The molecular weight excluding hydrogens is 372 g/mol. The van der Waals surface area contributed by atoms with E-state index in [1.54, 1.807) is 17.4 Å². The quantitative estimate of drug-likeness (QED) is 0.533. The molecule has 7 heteroatoms. The Morgan fingerprint density at radius 1 is 1.29 bits per heavy atom. The maximum absolute atomic E-state index is 11.5. The smallest absolute Gasteiger partial charge is 0.336 e. The molecule has 0 spiro atoms. The summed E-state index contributed by atoms with van der Waals surface area (Å²) < 4.78 is 1.08. The molecule has 3 heterocycles. The predicted octanol–water partition coefficient (Wildman–Crippen LogP) is 2.28. The van der Waals surface area contributed by atoms with Crippen LogP contribution in [0.1, 0.15) is 40.4 Å². The minimum absolute atomic E-state index is 0.339. The summed E-state index contributed by atoms with van der Waals surface area (Å²) in [6.07, 6.45) is 3.68. The van der Waals surface area contributed by atoms with Gasteiger partial charge in [0.2, 0.25) is 0 Å². The minimum atomic E-state index is -0.843. The lowest BCUT2D eigenvalue weighted by molar-refractivity contribution is 0.0699. The number of carboxylic acid groups (broad SMARTS) is 1. The zero-order chi connectivity index (χ0) is 19.3. The molecule has 4 N–H and O–H groups in total. The predicted molar refractivity (Wildman–Crippen MR) is 114 cm³/mol. The van der Waals surface area contributed by atoms with Crippen molar-refractivity contribution in [3.05, 3.63) is 34.7 Å². The summed E-state index contributed by atoms with van der Waals surface area (Å²) in [6, 6.07) is 7.69. The van der Waals surface area contributed by atoms with Crippen molar-refractivity contribution < 1.29 is 9.90 Å². The molecule has 1 aromatic heterocycles. The molecule has 0 radical (unpaired) electrons. The van der Waals surface area contributed by atoms with Crippen LogP contribution in [0, 0.1) is 0 Å². The molecule has 1 aromatic carbocycles. The van der Waals surface area contributed by atoms with E-state index in [4.69, 9.17) is 0 Å². The standard InChI is InChI=1S/C21H30N4O2S/c26-21(27)16-3-1-4-18-17(16)14-19(28-18)15-5-7-24-20(13-15)23-6-2-10-25-11-8-22-9-12-25/h1,3-4,14-15,20,22-24H,2,5-13H2,(H,26,27). The SMILES string of the molecule is O=C(O)c1cccc2sc(C3CCNC(NCCCN4CCNCC4)C3)cc12. The number of piperazine rings is 1. The van der Waals surface area contributed by atoms with E-state index in [0.717, 1.165) is 62.2 Å². The third-order valence-electron chi connectivity index (χ3n) is 5.87. The summed E-state index contributed by atoms with van der Waals surface area (Å²) in [5.74, 6) is -0.352. The average molecular weight is 403 g/mol. The number of carbonyl (C=O) groups is 1. The van der Waals surface area contributed by atoms with Gasteiger partial charge in [-0.05, 0) is 63.0 Å². The molecule has 2 fully saturated rings. The van der Waals surface area contributed by atoms with Crippen LogP contribution in [0.5, 0.6) is 0 Å². The summed E-state index contributed by atoms with van der Waals surface area (Å²) in [4.78, 5) is 15.3. The molecule has 4 rings (SSSR count). The molecule has 0 amide bonds. The molecule has 2 aromatic rings. The van der Waals surface area contributed by atoms with Crippen molar-refractivity contribution >= 4 is 27.4 Å². The van der Waals surface area contributed by atoms with Gasteiger partial charge in [-0.25, -0.2) is 4.79 Å². The van der Waals surface area contributed by atoms with Gasteiger partial charge in [-0.2, -0.15) is 0 Å². The molecule has 0 saturated carbocycles. The van der Waals surface area contributed by atoms with E-state index in [0.29, 0.717) is 17.6 Å². The molecule has 0 bridgehead atoms. The van der Waals surface area contributed by atoms with Gasteiger partial charge in [0.25, 0.3) is 0 Å². The Bertz CT molecular complexity index is 803. The van der Waals surface area contributed by atoms with Crippen LogP contribution < -0.4 is 16.0 Å². The largest absolute Gasteiger partial charge is 0.478 e. The van der Waals surface area contributed by atoms with E-state index in [1.165, 1.54) is 17.8 Å². The fourth-order valence-electron chi connectivity index (χ4n) is 4.31. The highest BCUT2D eigenvalue weighted by molar-refractivity contribution is 7.19. The van der Waals surface area contributed by atoms with Crippen molar-refractivity contribution in [2.24, 2.45) is 0 Å². The Morgan fingerprint density at radius 3 is 2.96 bits per heavy atom. The van der Waals surface area contributed by atoms with Gasteiger partial charge in [0, 0.05) is 41.1 Å². The number of carboxylic acids is 1. The third kappa shape index (κ3) is 4.72. The van der Waals surface area contributed by atoms with E-state index >= 15 is 0 Å². The van der Waals surface area contributed by atoms with Crippen molar-refractivity contribution in [2.45, 2.75) is 31.3 Å². The van der Waals surface area contributed by atoms with Gasteiger partial charge in [0.05, 0.1) is 11.7 Å². The van der Waals surface area contributed by atoms with Crippen LogP contribution in [0.4, 0.5) is 0 Å². The molecule has 6 nitrogen and oxygen atoms in total. The van der Waals surface area contributed by atoms with Gasteiger partial charge in [-0.15, -0.1) is 11.3 Å². The van der Waals surface area contributed by atoms with Crippen molar-refractivity contribution in [3.63, 3.8) is 0 Å². The Morgan fingerprint density at radius 2 is 2.14 bits per heavy atom. The summed E-state index contributed by atoms with van der Waals surface area (Å²) >= 11 is 1.75. The average Bonchev–Trinajstić information content (AvgIpc) is 3.16. The molecule has 0 aliphatic carbocycles. The summed E-state index contributed by atoms with van der Waals surface area (Å²) in [6.45, 7) is 7.74. The normalized spacial score (nSPS) is 23.9. The van der Waals surface area contributed by atoms with Crippen molar-refractivity contribution in [1.29, 1.82) is 0 Å². The number of thiophene rings is 1. The maximum atomic E-state index is 11.5. The fourth-order valence-corrected chi connectivity index (χ4v) is 5.55. The van der Waals surface area contributed by atoms with Gasteiger partial charge in [-0.1, -0.05) is 6.07 Å². The lowest BCUT2D eigenvalue weighted by Gasteiger charge is -2.31. The number of piperidine rings is 1. The van der Waals surface area contributed by atoms with Crippen LogP contribution in [-0.4, -0.2) is 68.0 Å². The summed E-state index contributed by atoms with van der Waals surface area (Å²) in [7, 11) is 0. The summed E-state index contributed by atoms with van der Waals surface area (Å²) in [5.41, 5.74) is 0.413. The molecular formula is C21H30N4O2S. The zero-order valence-corrected chi connectivity index (χ0v) is 17.1. The van der Waals surface area contributed by atoms with Crippen molar-refractivity contribution in [3.8, 4) is 0 Å². The van der Waals surface area contributed by atoms with Crippen LogP contribution in [0.25, 0.3) is 10.1 Å². The molecule has 2 unspecified atom stereocenters. The van der Waals surface area contributed by atoms with Crippen LogP contribution in [0.2, 0.25) is 0 Å². The number of benzene rings is 1. The number of hydrogen-bond donors (Lipinski definition) is 4. The zero-order valence-electron chi connectivity index (χ0n) is 16.2. The Kier molecular flexibility index (Phi) is 6.59. The van der Waals surface area contributed by atoms with Crippen LogP contribution in [0.15, 0.2) is 24.3 Å². The van der Waals surface area contributed by atoms with Crippen LogP contribution in [-0.2, 0) is 0 Å². The van der Waals surface area contributed by atoms with Crippen molar-refractivity contribution in [2.75, 3.05) is 45.8 Å². The summed E-state index contributed by atoms with van der Waals surface area (Å²) in [5, 5.41) is 21.0. The molecule has 2 aliphatic rings. The van der Waals surface area contributed by atoms with Crippen LogP contribution >= 0.6 is 11.3 Å². The second kappa shape index (κ2) is 9.33. The number of fused-ring (bicyclic) bond motifs is 1. The number of hydrogen-bond acceptors (Lipinski definition) is 6. The van der Waals surface area contributed by atoms with E-state index in [9.17, 15) is 9.90 Å². The topological polar surface area (TPSA) is 76.6 Å². The molecule has 2 saturated heterocycles. The lowest BCUT2D eigenvalue weighted by Crippen LogP contribution is -2.48. The lowest BCUT2D eigenvalue weighted by atomic mass is 9.93. The van der Waals surface area contributed by atoms with Gasteiger partial charge in [0.15, 0.2) is 0 Å². The number of aromatic carboxylic acids is 1. The number of rotatable bonds is 7. The van der Waals surface area contributed by atoms with E-state index in [2.05, 4.69) is 26.9 Å².